The third-order valence-corrected chi connectivity index (χ3v) is 10.7. The molecule has 2 aliphatic carbocycles. The van der Waals surface area contributed by atoms with Crippen LogP contribution in [0.2, 0.25) is 0 Å². The molecule has 3 aromatic heterocycles. The van der Waals surface area contributed by atoms with Crippen LogP contribution in [0.1, 0.15) is 80.0 Å². The lowest BCUT2D eigenvalue weighted by Gasteiger charge is -2.27. The Bertz CT molecular complexity index is 1910. The van der Waals surface area contributed by atoms with Crippen molar-refractivity contribution in [3.63, 3.8) is 0 Å². The number of pyridine rings is 1. The molecule has 0 radical (unpaired) electrons. The molecule has 1 aromatic carbocycles. The zero-order chi connectivity index (χ0) is 33.3. The molecule has 3 fully saturated rings. The van der Waals surface area contributed by atoms with Gasteiger partial charge in [-0.3, -0.25) is 9.59 Å². The van der Waals surface area contributed by atoms with Crippen LogP contribution < -0.4 is 16.0 Å². The van der Waals surface area contributed by atoms with Crippen molar-refractivity contribution in [1.82, 2.24) is 35.1 Å². The highest BCUT2D eigenvalue weighted by molar-refractivity contribution is 5.98. The van der Waals surface area contributed by atoms with Crippen LogP contribution in [0.4, 0.5) is 17.6 Å². The first-order valence-corrected chi connectivity index (χ1v) is 17.1. The lowest BCUT2D eigenvalue weighted by atomic mass is 10.0. The van der Waals surface area contributed by atoms with E-state index >= 15 is 4.39 Å². The van der Waals surface area contributed by atoms with Crippen LogP contribution in [0.15, 0.2) is 30.3 Å². The van der Waals surface area contributed by atoms with Crippen molar-refractivity contribution in [1.29, 1.82) is 0 Å². The fourth-order valence-electron chi connectivity index (χ4n) is 7.72. The number of hydrogen-bond acceptors (Lipinski definition) is 5. The maximum absolute atomic E-state index is 15.7. The molecule has 3 N–H and O–H groups in total. The van der Waals surface area contributed by atoms with Crippen molar-refractivity contribution in [2.24, 2.45) is 17.8 Å². The number of amides is 2. The maximum Gasteiger partial charge on any atom is 0.254 e. The molecule has 13 heteroatoms. The monoisotopic (exact) mass is 665 g/mol. The van der Waals surface area contributed by atoms with E-state index in [0.717, 1.165) is 37.5 Å². The number of aryl methyl sites for hydroxylation is 1. The second kappa shape index (κ2) is 12.2. The number of aromatic nitrogens is 4. The van der Waals surface area contributed by atoms with E-state index in [1.54, 1.807) is 4.57 Å². The summed E-state index contributed by atoms with van der Waals surface area (Å²) in [5.74, 6) is -1.54. The van der Waals surface area contributed by atoms with Gasteiger partial charge in [-0.2, -0.15) is 0 Å². The minimum absolute atomic E-state index is 0.0643. The van der Waals surface area contributed by atoms with Gasteiger partial charge in [0.05, 0.1) is 40.1 Å². The van der Waals surface area contributed by atoms with Crippen molar-refractivity contribution >= 4 is 33.9 Å². The van der Waals surface area contributed by atoms with Gasteiger partial charge < -0.3 is 25.1 Å². The van der Waals surface area contributed by atoms with Crippen molar-refractivity contribution in [3.05, 3.63) is 47.4 Å². The summed E-state index contributed by atoms with van der Waals surface area (Å²) >= 11 is 0. The SMILES string of the molecule is C[C@H]1NC(=O)[C@@H]2C[C@H]2CCCCCn2c(-c3nc4cc(C(=O)N[C@H]5CNCC[C@@H]5F)c(F)cc4n3[C@@H]3C[C@H]3C(F)F)cc3ccc1nc32. The molecule has 4 aromatic rings. The summed E-state index contributed by atoms with van der Waals surface area (Å²) in [6.07, 6.45) is 1.37. The van der Waals surface area contributed by atoms with Crippen LogP contribution >= 0.6 is 0 Å². The maximum atomic E-state index is 15.7. The Kier molecular flexibility index (Phi) is 7.92. The summed E-state index contributed by atoms with van der Waals surface area (Å²) in [5.41, 5.74) is 2.40. The minimum atomic E-state index is -2.55. The van der Waals surface area contributed by atoms with E-state index in [1.807, 2.05) is 25.1 Å². The number of nitrogens with one attached hydrogen (secondary N) is 3. The van der Waals surface area contributed by atoms with E-state index in [1.165, 1.54) is 12.1 Å². The third-order valence-electron chi connectivity index (χ3n) is 10.7. The van der Waals surface area contributed by atoms with Gasteiger partial charge in [0, 0.05) is 42.4 Å². The van der Waals surface area contributed by atoms with Crippen molar-refractivity contribution in [2.45, 2.75) is 89.1 Å². The van der Waals surface area contributed by atoms with Gasteiger partial charge in [0.1, 0.15) is 17.6 Å². The van der Waals surface area contributed by atoms with E-state index < -0.39 is 42.3 Å². The number of alkyl halides is 3. The quantitative estimate of drug-likeness (QED) is 0.233. The van der Waals surface area contributed by atoms with E-state index in [4.69, 9.17) is 9.97 Å². The van der Waals surface area contributed by atoms with Gasteiger partial charge >= 0.3 is 0 Å². The molecule has 7 atom stereocenters. The summed E-state index contributed by atoms with van der Waals surface area (Å²) in [7, 11) is 0. The van der Waals surface area contributed by atoms with Crippen LogP contribution in [-0.4, -0.2) is 62.6 Å². The first-order chi connectivity index (χ1) is 23.2. The number of rotatable bonds is 5. The van der Waals surface area contributed by atoms with Crippen molar-refractivity contribution in [3.8, 4) is 11.5 Å². The van der Waals surface area contributed by atoms with Gasteiger partial charge in [0.2, 0.25) is 12.3 Å². The second-order valence-electron chi connectivity index (χ2n) is 14.0. The van der Waals surface area contributed by atoms with Gasteiger partial charge in [0.15, 0.2) is 5.82 Å². The summed E-state index contributed by atoms with van der Waals surface area (Å²) < 4.78 is 61.9. The fourth-order valence-corrected chi connectivity index (χ4v) is 7.72. The highest BCUT2D eigenvalue weighted by Crippen LogP contribution is 2.51. The number of fused-ring (bicyclic) bond motifs is 3. The number of imidazole rings is 1. The zero-order valence-electron chi connectivity index (χ0n) is 26.7. The predicted octanol–water partition coefficient (Wildman–Crippen LogP) is 5.84. The van der Waals surface area contributed by atoms with E-state index in [0.29, 0.717) is 47.4 Å². The summed E-state index contributed by atoms with van der Waals surface area (Å²) in [4.78, 5) is 35.9. The van der Waals surface area contributed by atoms with E-state index in [9.17, 15) is 22.8 Å². The van der Waals surface area contributed by atoms with Gasteiger partial charge in [-0.1, -0.05) is 12.8 Å². The number of hydrogen-bond donors (Lipinski definition) is 3. The highest BCUT2D eigenvalue weighted by atomic mass is 19.3. The van der Waals surface area contributed by atoms with Crippen molar-refractivity contribution < 1.29 is 27.2 Å². The molecule has 0 unspecified atom stereocenters. The van der Waals surface area contributed by atoms with Crippen molar-refractivity contribution in [2.75, 3.05) is 13.1 Å². The van der Waals surface area contributed by atoms with Crippen LogP contribution in [0.3, 0.4) is 0 Å². The first kappa shape index (κ1) is 31.3. The zero-order valence-corrected chi connectivity index (χ0v) is 26.7. The molecule has 8 rings (SSSR count). The Morgan fingerprint density at radius 2 is 1.94 bits per heavy atom. The van der Waals surface area contributed by atoms with Crippen LogP contribution in [-0.2, 0) is 11.3 Å². The molecular formula is C35H39F4N7O2. The molecule has 1 saturated heterocycles. The Morgan fingerprint density at radius 3 is 2.73 bits per heavy atom. The summed E-state index contributed by atoms with van der Waals surface area (Å²) in [5, 5.41) is 9.60. The summed E-state index contributed by atoms with van der Waals surface area (Å²) in [6.45, 7) is 3.26. The molecule has 9 nitrogen and oxygen atoms in total. The highest BCUT2D eigenvalue weighted by Gasteiger charge is 2.47. The Labute approximate surface area is 274 Å². The molecule has 0 spiro atoms. The van der Waals surface area contributed by atoms with Gasteiger partial charge in [-0.15, -0.1) is 0 Å². The molecular weight excluding hydrogens is 626 g/mol. The number of benzene rings is 1. The van der Waals surface area contributed by atoms with E-state index in [-0.39, 0.29) is 48.3 Å². The predicted molar refractivity (Wildman–Crippen MR) is 172 cm³/mol. The molecule has 2 aliphatic heterocycles. The molecule has 48 heavy (non-hydrogen) atoms. The van der Waals surface area contributed by atoms with Crippen LogP contribution in [0.25, 0.3) is 33.6 Å². The minimum Gasteiger partial charge on any atom is -0.348 e. The number of carbonyl (C=O) groups excluding carboxylic acids is 2. The van der Waals surface area contributed by atoms with Crippen LogP contribution in [0.5, 0.6) is 0 Å². The molecule has 2 bridgehead atoms. The Hall–Kier alpha value is -4.00. The normalized spacial score (nSPS) is 29.1. The first-order valence-electron chi connectivity index (χ1n) is 17.1. The molecule has 4 aliphatic rings. The fraction of sp³-hybridized carbons (Fsp3) is 0.543. The standard InChI is InChI=1S/C35H39F4N7O2/c1-17-25-7-6-19-12-30(45(32(19)42-25)10-4-2-3-5-18-11-20(18)34(47)41-17)33-43-26-13-21(35(48)44-27-16-40-9-8-23(27)36)24(37)15-29(26)46(33)28-14-22(28)31(38)39/h6-7,12-13,15,17-18,20,22-23,27-28,31,40H,2-5,8-11,14,16H2,1H3,(H,41,47)(H,44,48)/t17-,18-,20-,22-,23+,27+,28-/m1/s1. The lowest BCUT2D eigenvalue weighted by Crippen LogP contribution is -2.52. The number of carbonyl (C=O) groups is 2. The second-order valence-corrected chi connectivity index (χ2v) is 14.0. The van der Waals surface area contributed by atoms with Gasteiger partial charge in [-0.25, -0.2) is 27.5 Å². The van der Waals surface area contributed by atoms with Gasteiger partial charge in [0.25, 0.3) is 5.91 Å². The Balaban J connectivity index is 1.22. The third kappa shape index (κ3) is 5.63. The smallest absolute Gasteiger partial charge is 0.254 e. The molecule has 254 valence electrons. The number of nitrogens with zero attached hydrogens (tertiary/aromatic N) is 4. The topological polar surface area (TPSA) is 106 Å². The Morgan fingerprint density at radius 1 is 1.08 bits per heavy atom. The summed E-state index contributed by atoms with van der Waals surface area (Å²) in [6, 6.07) is 6.59. The largest absolute Gasteiger partial charge is 0.348 e. The average molecular weight is 666 g/mol. The number of piperidine rings is 1. The van der Waals surface area contributed by atoms with Crippen LogP contribution in [0, 0.1) is 23.6 Å². The molecule has 2 saturated carbocycles. The molecule has 5 heterocycles. The lowest BCUT2D eigenvalue weighted by molar-refractivity contribution is -0.123. The van der Waals surface area contributed by atoms with Gasteiger partial charge in [-0.05, 0) is 75.8 Å². The average Bonchev–Trinajstić information content (AvgIpc) is 3.96. The van der Waals surface area contributed by atoms with E-state index in [2.05, 4.69) is 20.5 Å². The number of halogens is 4. The molecule has 2 amide bonds.